The van der Waals surface area contributed by atoms with E-state index in [-0.39, 0.29) is 11.8 Å². The molecule has 126 valence electrons. The van der Waals surface area contributed by atoms with E-state index in [1.54, 1.807) is 36.4 Å². The Labute approximate surface area is 144 Å². The summed E-state index contributed by atoms with van der Waals surface area (Å²) in [5, 5.41) is 11.5. The first kappa shape index (κ1) is 16.4. The molecule has 0 unspecified atom stereocenters. The number of ether oxygens (including phenoxy) is 2. The summed E-state index contributed by atoms with van der Waals surface area (Å²) in [5.41, 5.74) is 1.53. The van der Waals surface area contributed by atoms with Crippen LogP contribution in [-0.2, 0) is 0 Å². The minimum Gasteiger partial charge on any atom is -0.433 e. The summed E-state index contributed by atoms with van der Waals surface area (Å²) >= 11 is 0. The summed E-state index contributed by atoms with van der Waals surface area (Å²) in [6.07, 6.45) is 1.17. The molecule has 25 heavy (non-hydrogen) atoms. The van der Waals surface area contributed by atoms with Crippen LogP contribution < -0.4 is 9.47 Å². The van der Waals surface area contributed by atoms with Gasteiger partial charge >= 0.3 is 17.4 Å². The van der Waals surface area contributed by atoms with Gasteiger partial charge in [-0.25, -0.2) is 0 Å². The largest absolute Gasteiger partial charge is 0.433 e. The van der Waals surface area contributed by atoms with Crippen molar-refractivity contribution < 1.29 is 14.4 Å². The van der Waals surface area contributed by atoms with E-state index in [1.165, 1.54) is 6.33 Å². The summed E-state index contributed by atoms with van der Waals surface area (Å²) < 4.78 is 11.2. The molecule has 0 aliphatic carbocycles. The van der Waals surface area contributed by atoms with Crippen LogP contribution in [0.25, 0.3) is 0 Å². The molecule has 0 amide bonds. The first-order valence-electron chi connectivity index (χ1n) is 7.51. The number of benzene rings is 2. The lowest BCUT2D eigenvalue weighted by Crippen LogP contribution is -2.01. The molecular formula is C18H15N3O4. The Balaban J connectivity index is 1.99. The number of aryl methyl sites for hydroxylation is 2. The lowest BCUT2D eigenvalue weighted by molar-refractivity contribution is -0.387. The Morgan fingerprint density at radius 3 is 2.00 bits per heavy atom. The van der Waals surface area contributed by atoms with Gasteiger partial charge in [0.2, 0.25) is 0 Å². The number of nitro groups is 1. The van der Waals surface area contributed by atoms with E-state index in [0.29, 0.717) is 11.5 Å². The van der Waals surface area contributed by atoms with Crippen LogP contribution in [0.3, 0.4) is 0 Å². The molecule has 7 nitrogen and oxygen atoms in total. The maximum absolute atomic E-state index is 11.5. The molecule has 2 aromatic carbocycles. The molecule has 0 saturated carbocycles. The summed E-state index contributed by atoms with van der Waals surface area (Å²) in [5.74, 6) is 0.549. The summed E-state index contributed by atoms with van der Waals surface area (Å²) in [6.45, 7) is 3.83. The molecule has 0 spiro atoms. The number of nitrogens with zero attached hydrogens (tertiary/aromatic N) is 3. The van der Waals surface area contributed by atoms with Crippen molar-refractivity contribution in [3.8, 4) is 23.3 Å². The molecule has 0 N–H and O–H groups in total. The second kappa shape index (κ2) is 6.96. The Morgan fingerprint density at radius 2 is 1.44 bits per heavy atom. The molecule has 0 fully saturated rings. The lowest BCUT2D eigenvalue weighted by Gasteiger charge is -2.09. The van der Waals surface area contributed by atoms with E-state index in [4.69, 9.17) is 9.47 Å². The maximum atomic E-state index is 11.5. The molecule has 7 heteroatoms. The predicted octanol–water partition coefficient (Wildman–Crippen LogP) is 4.59. The number of aromatic nitrogens is 2. The van der Waals surface area contributed by atoms with Gasteiger partial charge in [-0.05, 0) is 49.2 Å². The third-order valence-electron chi connectivity index (χ3n) is 3.31. The average Bonchev–Trinajstić information content (AvgIpc) is 2.54. The topological polar surface area (TPSA) is 87.4 Å². The molecule has 3 aromatic rings. The van der Waals surface area contributed by atoms with Gasteiger partial charge < -0.3 is 9.47 Å². The van der Waals surface area contributed by atoms with Crippen molar-refractivity contribution in [1.29, 1.82) is 0 Å². The fraction of sp³-hybridized carbons (Fsp3) is 0.111. The van der Waals surface area contributed by atoms with Crippen LogP contribution in [0.15, 0.2) is 54.9 Å². The number of para-hydroxylation sites is 1. The highest BCUT2D eigenvalue weighted by Gasteiger charge is 2.27. The van der Waals surface area contributed by atoms with E-state index in [0.717, 1.165) is 11.1 Å². The zero-order valence-electron chi connectivity index (χ0n) is 13.7. The lowest BCUT2D eigenvalue weighted by atomic mass is 10.1. The number of hydrogen-bond acceptors (Lipinski definition) is 6. The van der Waals surface area contributed by atoms with Gasteiger partial charge in [-0.15, -0.1) is 0 Å². The highest BCUT2D eigenvalue weighted by atomic mass is 16.6. The van der Waals surface area contributed by atoms with Crippen molar-refractivity contribution in [3.63, 3.8) is 0 Å². The fourth-order valence-corrected chi connectivity index (χ4v) is 2.36. The minimum absolute atomic E-state index is 0.170. The highest BCUT2D eigenvalue weighted by Crippen LogP contribution is 2.37. The molecule has 0 aliphatic rings. The Bertz CT molecular complexity index is 893. The van der Waals surface area contributed by atoms with E-state index >= 15 is 0 Å². The van der Waals surface area contributed by atoms with Gasteiger partial charge in [-0.3, -0.25) is 10.1 Å². The van der Waals surface area contributed by atoms with E-state index < -0.39 is 10.6 Å². The second-order valence-electron chi connectivity index (χ2n) is 5.43. The van der Waals surface area contributed by atoms with Crippen molar-refractivity contribution in [2.45, 2.75) is 13.8 Å². The minimum atomic E-state index is -0.615. The van der Waals surface area contributed by atoms with Crippen LogP contribution >= 0.6 is 0 Å². The van der Waals surface area contributed by atoms with Crippen molar-refractivity contribution >= 4 is 5.69 Å². The van der Waals surface area contributed by atoms with Crippen LogP contribution in [0.1, 0.15) is 11.1 Å². The zero-order chi connectivity index (χ0) is 17.8. The van der Waals surface area contributed by atoms with Gasteiger partial charge in [0.05, 0.1) is 4.92 Å². The van der Waals surface area contributed by atoms with Crippen molar-refractivity contribution in [1.82, 2.24) is 9.97 Å². The van der Waals surface area contributed by atoms with Gasteiger partial charge in [0.25, 0.3) is 0 Å². The third-order valence-corrected chi connectivity index (χ3v) is 3.31. The fourth-order valence-electron chi connectivity index (χ4n) is 2.36. The molecule has 0 atom stereocenters. The maximum Gasteiger partial charge on any atom is 0.393 e. The number of hydrogen-bond donors (Lipinski definition) is 0. The first-order valence-corrected chi connectivity index (χ1v) is 7.51. The summed E-state index contributed by atoms with van der Waals surface area (Å²) in [4.78, 5) is 18.7. The average molecular weight is 337 g/mol. The van der Waals surface area contributed by atoms with Gasteiger partial charge in [0.15, 0.2) is 0 Å². The Kier molecular flexibility index (Phi) is 4.56. The van der Waals surface area contributed by atoms with Crippen molar-refractivity contribution in [2.75, 3.05) is 0 Å². The second-order valence-corrected chi connectivity index (χ2v) is 5.43. The summed E-state index contributed by atoms with van der Waals surface area (Å²) in [7, 11) is 0. The third kappa shape index (κ3) is 3.89. The SMILES string of the molecule is Cc1cc(C)cc(Oc2ncnc(Oc3ccccc3)c2[N+](=O)[O-])c1. The smallest absolute Gasteiger partial charge is 0.393 e. The monoisotopic (exact) mass is 337 g/mol. The quantitative estimate of drug-likeness (QED) is 0.500. The molecular weight excluding hydrogens is 322 g/mol. The number of rotatable bonds is 5. The van der Waals surface area contributed by atoms with Gasteiger partial charge in [-0.2, -0.15) is 9.97 Å². The van der Waals surface area contributed by atoms with Crippen LogP contribution in [-0.4, -0.2) is 14.9 Å². The molecule has 0 aliphatic heterocycles. The van der Waals surface area contributed by atoms with Crippen LogP contribution in [0, 0.1) is 24.0 Å². The van der Waals surface area contributed by atoms with Crippen molar-refractivity contribution in [3.05, 3.63) is 76.1 Å². The normalized spacial score (nSPS) is 10.3. The first-order chi connectivity index (χ1) is 12.0. The Morgan fingerprint density at radius 1 is 0.880 bits per heavy atom. The molecule has 0 radical (unpaired) electrons. The molecule has 0 saturated heterocycles. The molecule has 1 heterocycles. The zero-order valence-corrected chi connectivity index (χ0v) is 13.7. The highest BCUT2D eigenvalue weighted by molar-refractivity contribution is 5.52. The predicted molar refractivity (Wildman–Crippen MR) is 91.2 cm³/mol. The van der Waals surface area contributed by atoms with E-state index in [1.807, 2.05) is 26.0 Å². The van der Waals surface area contributed by atoms with Gasteiger partial charge in [0.1, 0.15) is 17.8 Å². The van der Waals surface area contributed by atoms with Crippen LogP contribution in [0.5, 0.6) is 23.3 Å². The molecule has 3 rings (SSSR count). The summed E-state index contributed by atoms with van der Waals surface area (Å²) in [6, 6.07) is 14.2. The molecule has 1 aromatic heterocycles. The van der Waals surface area contributed by atoms with Crippen LogP contribution in [0.2, 0.25) is 0 Å². The van der Waals surface area contributed by atoms with E-state index in [2.05, 4.69) is 9.97 Å². The van der Waals surface area contributed by atoms with Gasteiger partial charge in [0, 0.05) is 0 Å². The Hall–Kier alpha value is -3.48. The van der Waals surface area contributed by atoms with Gasteiger partial charge in [-0.1, -0.05) is 24.3 Å². The standard InChI is InChI=1S/C18H15N3O4/c1-12-8-13(2)10-15(9-12)25-18-16(21(22)23)17(19-11-20-18)24-14-6-4-3-5-7-14/h3-11H,1-2H3. The van der Waals surface area contributed by atoms with E-state index in [9.17, 15) is 10.1 Å². The van der Waals surface area contributed by atoms with Crippen LogP contribution in [0.4, 0.5) is 5.69 Å². The molecule has 0 bridgehead atoms. The van der Waals surface area contributed by atoms with Crippen molar-refractivity contribution in [2.24, 2.45) is 0 Å².